The van der Waals surface area contributed by atoms with E-state index in [1.807, 2.05) is 13.8 Å². The number of primary amides is 1. The lowest BCUT2D eigenvalue weighted by molar-refractivity contribution is -0.137. The largest absolute Gasteiger partial charge is 0.508 e. The van der Waals surface area contributed by atoms with Crippen molar-refractivity contribution in [3.63, 3.8) is 0 Å². The summed E-state index contributed by atoms with van der Waals surface area (Å²) >= 11 is 0. The molecule has 0 aromatic heterocycles. The normalized spacial score (nSPS) is 14.2. The third-order valence-electron chi connectivity index (χ3n) is 20.6. The molecule has 1 aromatic rings. The van der Waals surface area contributed by atoms with Crippen LogP contribution in [0.15, 0.2) is 24.3 Å². The Morgan fingerprint density at radius 1 is 0.281 bits per heavy atom. The lowest BCUT2D eigenvalue weighted by Crippen LogP contribution is -2.61. The van der Waals surface area contributed by atoms with Gasteiger partial charge in [0.2, 0.25) is 82.7 Å². The predicted molar refractivity (Wildman–Crippen MR) is 507 cm³/mol. The maximum absolute atomic E-state index is 15.1. The fraction of sp³-hybridized carbons (Fsp3) is 0.654. The van der Waals surface area contributed by atoms with Crippen molar-refractivity contribution >= 4 is 130 Å². The van der Waals surface area contributed by atoms with E-state index >= 15 is 19.2 Å². The van der Waals surface area contributed by atoms with Crippen LogP contribution in [0.3, 0.4) is 0 Å². The number of benzene rings is 1. The second-order valence-electron chi connectivity index (χ2n) is 33.5. The first-order valence-corrected chi connectivity index (χ1v) is 44.9. The molecule has 0 bridgehead atoms. The summed E-state index contributed by atoms with van der Waals surface area (Å²) < 4.78 is 0. The van der Waals surface area contributed by atoms with Crippen molar-refractivity contribution in [3.05, 3.63) is 29.8 Å². The lowest BCUT2D eigenvalue weighted by Gasteiger charge is -2.30. The number of hydrogen-bond acceptors (Lipinski definition) is 24. The molecule has 1 aromatic carbocycles. The number of phenols is 1. The molecule has 1 rings (SSSR count). The van der Waals surface area contributed by atoms with Crippen molar-refractivity contribution in [2.45, 2.75) is 268 Å². The third kappa shape index (κ3) is 52.5. The zero-order valence-corrected chi connectivity index (χ0v) is 78.4. The van der Waals surface area contributed by atoms with Gasteiger partial charge in [-0.1, -0.05) is 60.1 Å². The number of phenolic OH excluding ortho intramolecular Hbond substituents is 1. The molecule has 0 aliphatic carbocycles. The minimum atomic E-state index is -1.65. The first-order chi connectivity index (χ1) is 63.4. The summed E-state index contributed by atoms with van der Waals surface area (Å²) in [7, 11) is 0. The molecule has 0 unspecified atom stereocenters. The lowest BCUT2D eigenvalue weighted by atomic mass is 9.97. The second-order valence-corrected chi connectivity index (χ2v) is 33.5. The fourth-order valence-corrected chi connectivity index (χ4v) is 13.3. The number of amides is 14. The first kappa shape index (κ1) is 119. The van der Waals surface area contributed by atoms with Gasteiger partial charge in [0.25, 0.3) is 0 Å². The molecule has 0 fully saturated rings. The Morgan fingerprint density at radius 2 is 0.496 bits per heavy atom. The second kappa shape index (κ2) is 64.5. The van der Waals surface area contributed by atoms with Gasteiger partial charge in [0.15, 0.2) is 47.7 Å². The molecular weight excluding hydrogens is 1760 g/mol. The Hall–Kier alpha value is -14.3. The number of guanidine groups is 8. The van der Waals surface area contributed by atoms with Gasteiger partial charge in [0.1, 0.15) is 84.3 Å². The summed E-state index contributed by atoms with van der Waals surface area (Å²) in [6, 6.07) is -14.4. The topological polar surface area (TPSA) is 963 Å². The fourth-order valence-electron chi connectivity index (χ4n) is 13.3. The number of carbonyl (C=O) groups is 14. The summed E-state index contributed by atoms with van der Waals surface area (Å²) in [5.41, 5.74) is 56.5. The Labute approximate surface area is 785 Å². The molecule has 135 heavy (non-hydrogen) atoms. The molecule has 0 saturated heterocycles. The molecule has 14 amide bonds. The molecule has 0 radical (unpaired) electrons. The van der Waals surface area contributed by atoms with Gasteiger partial charge in [0, 0.05) is 58.8 Å². The molecule has 15 atom stereocenters. The van der Waals surface area contributed by atoms with E-state index in [1.165, 1.54) is 38.1 Å². The summed E-state index contributed by atoms with van der Waals surface area (Å²) in [5, 5.41) is 127. The Bertz CT molecular complexity index is 4100. The van der Waals surface area contributed by atoms with E-state index in [2.05, 4.69) is 112 Å². The van der Waals surface area contributed by atoms with E-state index in [4.69, 9.17) is 101 Å². The Kier molecular flexibility index (Phi) is 56.7. The van der Waals surface area contributed by atoms with Crippen LogP contribution >= 0.6 is 0 Å². The van der Waals surface area contributed by atoms with Gasteiger partial charge in [-0.25, -0.2) is 0 Å². The minimum Gasteiger partial charge on any atom is -0.508 e. The molecular formula is C81H151N39O15. The highest BCUT2D eigenvalue weighted by molar-refractivity contribution is 6.01. The summed E-state index contributed by atoms with van der Waals surface area (Å²) in [6.45, 7) is 13.1. The minimum absolute atomic E-state index is 0.00302. The van der Waals surface area contributed by atoms with Crippen molar-refractivity contribution in [1.29, 1.82) is 43.3 Å². The highest BCUT2D eigenvalue weighted by Crippen LogP contribution is 2.18. The number of nitrogens with two attached hydrogens (primary N) is 10. The van der Waals surface area contributed by atoms with Gasteiger partial charge >= 0.3 is 0 Å². The van der Waals surface area contributed by atoms with Gasteiger partial charge in [-0.05, 0) is 165 Å². The molecule has 0 aliphatic heterocycles. The predicted octanol–water partition coefficient (Wildman–Crippen LogP) is -9.67. The van der Waals surface area contributed by atoms with Gasteiger partial charge < -0.3 is 174 Å². The summed E-state index contributed by atoms with van der Waals surface area (Å²) in [6.07, 6.45) is -1.33. The zero-order valence-electron chi connectivity index (χ0n) is 78.4. The number of rotatable bonds is 67. The van der Waals surface area contributed by atoms with Crippen molar-refractivity contribution in [2.75, 3.05) is 52.4 Å². The average Bonchev–Trinajstić information content (AvgIpc) is 0.850. The smallest absolute Gasteiger partial charge is 0.243 e. The van der Waals surface area contributed by atoms with Crippen LogP contribution in [0.2, 0.25) is 0 Å². The highest BCUT2D eigenvalue weighted by atomic mass is 16.3. The van der Waals surface area contributed by atoms with Gasteiger partial charge in [0.05, 0.1) is 6.04 Å². The maximum Gasteiger partial charge on any atom is 0.243 e. The van der Waals surface area contributed by atoms with E-state index in [0.29, 0.717) is 5.56 Å². The van der Waals surface area contributed by atoms with E-state index in [0.717, 1.165) is 0 Å². The van der Waals surface area contributed by atoms with Crippen LogP contribution in [0.25, 0.3) is 0 Å². The Morgan fingerprint density at radius 3 is 0.741 bits per heavy atom. The van der Waals surface area contributed by atoms with Crippen LogP contribution in [0.5, 0.6) is 5.75 Å². The number of hydrogen-bond donors (Lipinski definition) is 40. The highest BCUT2D eigenvalue weighted by Gasteiger charge is 2.39. The van der Waals surface area contributed by atoms with Crippen molar-refractivity contribution in [1.82, 2.24) is 112 Å². The third-order valence-corrected chi connectivity index (χ3v) is 20.6. The van der Waals surface area contributed by atoms with Gasteiger partial charge in [-0.2, -0.15) is 0 Å². The number of carbonyl (C=O) groups excluding carboxylic acids is 14. The van der Waals surface area contributed by atoms with Crippen molar-refractivity contribution in [3.8, 4) is 5.75 Å². The van der Waals surface area contributed by atoms with E-state index in [9.17, 15) is 53.1 Å². The first-order valence-electron chi connectivity index (χ1n) is 44.9. The van der Waals surface area contributed by atoms with Crippen LogP contribution < -0.4 is 169 Å². The van der Waals surface area contributed by atoms with E-state index in [1.54, 1.807) is 27.7 Å². The molecule has 0 spiro atoms. The van der Waals surface area contributed by atoms with Gasteiger partial charge in [-0.3, -0.25) is 110 Å². The summed E-state index contributed by atoms with van der Waals surface area (Å²) in [5.74, 6) is -17.5. The van der Waals surface area contributed by atoms with Crippen LogP contribution in [-0.4, -0.2) is 272 Å². The number of nitrogens with one attached hydrogen (secondary N) is 29. The van der Waals surface area contributed by atoms with E-state index in [-0.39, 0.29) is 204 Å². The van der Waals surface area contributed by atoms with Crippen LogP contribution in [0.4, 0.5) is 0 Å². The molecule has 760 valence electrons. The molecule has 54 heteroatoms. The molecule has 0 heterocycles. The molecule has 0 saturated carbocycles. The quantitative estimate of drug-likeness (QED) is 0.0164. The monoisotopic (exact) mass is 1910 g/mol. The van der Waals surface area contributed by atoms with E-state index < -0.39 is 215 Å². The molecule has 0 aliphatic rings. The molecule has 50 N–H and O–H groups in total. The molecule has 54 nitrogen and oxygen atoms in total. The van der Waals surface area contributed by atoms with Crippen LogP contribution in [0.1, 0.15) is 183 Å². The maximum atomic E-state index is 15.1. The zero-order chi connectivity index (χ0) is 102. The SMILES string of the molecule is CC[C@@H](C)[C@@H](NC(=O)[C@@H](C)NC(=O)[C@@H](CC(C)C)NC(=O)[C@@H](Cc1ccc(O)cc1)NC(=O)[C@@H](CC(C)C)NC(=O)[C@@H](C)N)C(=O)N[C@H](CCCNC(=N)N)C(=O)N[C@H](CCCNC(=N)N)C(=O)N[C@H](CCCNC(=N)N)C(=O)N[C@H](CCCNC(=N)N)C(=O)N[C@H](CCCNC(=N)N)C(=O)N[C@H](CCCNC(=N)N)C(=O)N[C@H](CCCNC(=N)N)C(=O)N[C@H](CCCNC(=N)N)C(N)=O. The van der Waals surface area contributed by atoms with Crippen LogP contribution in [-0.2, 0) is 73.5 Å². The Balaban J connectivity index is 4.09. The van der Waals surface area contributed by atoms with Gasteiger partial charge in [-0.15, -0.1) is 0 Å². The summed E-state index contributed by atoms with van der Waals surface area (Å²) in [4.78, 5) is 202. The van der Waals surface area contributed by atoms with Crippen LogP contribution in [0, 0.1) is 61.0 Å². The van der Waals surface area contributed by atoms with Crippen molar-refractivity contribution < 1.29 is 72.2 Å². The standard InChI is InChI=1S/C81H151N39O15/c1-9-43(6)59(120-62(124)45(8)108-70(132)56(38-41(2)3)118-72(134)58(40-46-26-28-47(121)29-27-46)119-71(133)57(39-42(4)5)117-61(123)44(7)82)73(135)116-55(25-17-37-107-81(98)99)69(131)115-54(24-16-36-106-80(96)97)68(130)114-53(23-15-35-105-79(94)95)67(129)113-52(22-14-34-104-78(92)93)66(128)112-51(21-13-33-103-77(90)91)65(127)111-50(20-12-32-102-76(88)89)64(126)110-49(19-11-31-101-75(86)87)63(125)109-48(60(83)122)18-10-30-100-74(84)85/h26-29,41-45,48-59,121H,9-25,30-40,82H2,1-8H3,(H2,83,122)(H,108,132)(H,109,125)(H,110,126)(H,111,127)(H,112,128)(H,113,129)(H,114,130)(H,115,131)(H,116,135)(H,117,123)(H,118,134)(H,119,133)(H,120,124)(H4,84,85,100)(H4,86,87,101)(H4,88,89,102)(H4,90,91,103)(H4,92,93,104)(H4,94,95,105)(H4,96,97,106)(H4,98,99,107)/t43-,44-,45-,48-,49-,50-,51-,52-,53-,54-,55-,56-,57-,58-,59-/m1/s1. The number of aromatic hydroxyl groups is 1. The average molecular weight is 1910 g/mol. The van der Waals surface area contributed by atoms with Crippen molar-refractivity contribution in [2.24, 2.45) is 75.1 Å².